The summed E-state index contributed by atoms with van der Waals surface area (Å²) in [6, 6.07) is 20.4. The molecule has 2 N–H and O–H groups in total. The van der Waals surface area contributed by atoms with E-state index in [0.717, 1.165) is 22.3 Å². The van der Waals surface area contributed by atoms with Crippen molar-refractivity contribution in [3.8, 4) is 16.9 Å². The first-order chi connectivity index (χ1) is 20.0. The lowest BCUT2D eigenvalue weighted by molar-refractivity contribution is -0.115. The minimum Gasteiger partial charge on any atom is -0.495 e. The summed E-state index contributed by atoms with van der Waals surface area (Å²) >= 11 is 0. The molecule has 11 heteroatoms. The van der Waals surface area contributed by atoms with Gasteiger partial charge in [-0.3, -0.25) is 4.79 Å². The number of ether oxygens (including phenoxy) is 1. The Balaban J connectivity index is 1.19. The Labute approximate surface area is 242 Å². The maximum absolute atomic E-state index is 13.1. The highest BCUT2D eigenvalue weighted by Gasteiger charge is 2.41. The Bertz CT molecular complexity index is 1940. The maximum Gasteiger partial charge on any atom is 0.247 e. The first kappa shape index (κ1) is 27.4. The van der Waals surface area contributed by atoms with Crippen LogP contribution in [-0.4, -0.2) is 41.8 Å². The molecular weight excluding hydrogens is 557 g/mol. The number of sulfone groups is 1. The third kappa shape index (κ3) is 5.30. The van der Waals surface area contributed by atoms with E-state index < -0.39 is 15.3 Å². The van der Waals surface area contributed by atoms with E-state index in [2.05, 4.69) is 20.7 Å². The molecule has 9 nitrogen and oxygen atoms in total. The number of amides is 1. The Morgan fingerprint density at radius 2 is 1.74 bits per heavy atom. The molecule has 0 bridgehead atoms. The molecule has 1 aliphatic heterocycles. The van der Waals surface area contributed by atoms with E-state index >= 15 is 0 Å². The highest BCUT2D eigenvalue weighted by molar-refractivity contribution is 7.91. The van der Waals surface area contributed by atoms with E-state index in [1.165, 1.54) is 19.2 Å². The van der Waals surface area contributed by atoms with Crippen molar-refractivity contribution in [3.05, 3.63) is 95.9 Å². The first-order valence-electron chi connectivity index (χ1n) is 13.2. The minimum absolute atomic E-state index is 0.0423. The van der Waals surface area contributed by atoms with Crippen molar-refractivity contribution in [2.24, 2.45) is 0 Å². The van der Waals surface area contributed by atoms with Gasteiger partial charge in [0.25, 0.3) is 0 Å². The molecule has 42 heavy (non-hydrogen) atoms. The van der Waals surface area contributed by atoms with E-state index in [4.69, 9.17) is 4.74 Å². The van der Waals surface area contributed by atoms with E-state index in [1.54, 1.807) is 28.8 Å². The number of nitrogens with zero attached hydrogens (tertiary/aromatic N) is 3. The maximum atomic E-state index is 13.1. The molecule has 1 aliphatic rings. The molecule has 0 atom stereocenters. The van der Waals surface area contributed by atoms with Gasteiger partial charge in [-0.25, -0.2) is 17.3 Å². The van der Waals surface area contributed by atoms with Crippen LogP contribution in [0.4, 0.5) is 21.7 Å². The van der Waals surface area contributed by atoms with E-state index in [0.29, 0.717) is 33.6 Å². The first-order valence-corrected chi connectivity index (χ1v) is 14.9. The molecule has 214 valence electrons. The van der Waals surface area contributed by atoms with Crippen LogP contribution in [0.2, 0.25) is 0 Å². The molecule has 0 aliphatic carbocycles. The second-order valence-corrected chi connectivity index (χ2v) is 12.9. The van der Waals surface area contributed by atoms with Gasteiger partial charge in [-0.1, -0.05) is 38.1 Å². The third-order valence-corrected chi connectivity index (χ3v) is 9.38. The van der Waals surface area contributed by atoms with Crippen molar-refractivity contribution < 1.29 is 22.3 Å². The Hall–Kier alpha value is -4.77. The summed E-state index contributed by atoms with van der Waals surface area (Å²) in [5, 5.41) is 10.6. The summed E-state index contributed by atoms with van der Waals surface area (Å²) in [5.41, 5.74) is 4.59. The standard InChI is InChI=1S/C31H28FN5O4S/c1-31(2)18-42(39,40)27-16-26(41-3)25(15-24(27)31)34-30-35-28-13-8-21(17-37(28)36-30)20-6-11-23(12-7-20)33-29(38)14-19-4-9-22(32)10-5-19/h4-13,15-17H,14,18H2,1-3H3,(H,33,38)(H,34,36). The molecule has 0 saturated heterocycles. The van der Waals surface area contributed by atoms with Crippen LogP contribution in [0.3, 0.4) is 0 Å². The van der Waals surface area contributed by atoms with Crippen LogP contribution >= 0.6 is 0 Å². The smallest absolute Gasteiger partial charge is 0.247 e. The highest BCUT2D eigenvalue weighted by Crippen LogP contribution is 2.44. The van der Waals surface area contributed by atoms with Gasteiger partial charge in [-0.05, 0) is 59.2 Å². The summed E-state index contributed by atoms with van der Waals surface area (Å²) in [4.78, 5) is 17.2. The third-order valence-electron chi connectivity index (χ3n) is 7.27. The Morgan fingerprint density at radius 3 is 2.45 bits per heavy atom. The number of pyridine rings is 1. The lowest BCUT2D eigenvalue weighted by Gasteiger charge is -2.18. The van der Waals surface area contributed by atoms with Crippen LogP contribution in [0.5, 0.6) is 5.75 Å². The molecule has 1 amide bonds. The van der Waals surface area contributed by atoms with Crippen molar-refractivity contribution in [1.82, 2.24) is 14.6 Å². The molecule has 5 aromatic rings. The summed E-state index contributed by atoms with van der Waals surface area (Å²) < 4.78 is 45.6. The highest BCUT2D eigenvalue weighted by atomic mass is 32.2. The van der Waals surface area contributed by atoms with E-state index in [9.17, 15) is 17.6 Å². The zero-order valence-corrected chi connectivity index (χ0v) is 24.0. The number of halogens is 1. The number of fused-ring (bicyclic) bond motifs is 2. The zero-order valence-electron chi connectivity index (χ0n) is 23.2. The number of rotatable bonds is 7. The molecule has 0 unspecified atom stereocenters. The number of hydrogen-bond acceptors (Lipinski definition) is 7. The number of benzene rings is 3. The van der Waals surface area contributed by atoms with Crippen LogP contribution in [0.1, 0.15) is 25.0 Å². The van der Waals surface area contributed by atoms with Gasteiger partial charge in [0.15, 0.2) is 15.5 Å². The van der Waals surface area contributed by atoms with Gasteiger partial charge in [0.1, 0.15) is 11.6 Å². The van der Waals surface area contributed by atoms with E-state index in [1.807, 2.05) is 56.4 Å². The fourth-order valence-corrected chi connectivity index (χ4v) is 7.43. The fraction of sp³-hybridized carbons (Fsp3) is 0.194. The summed E-state index contributed by atoms with van der Waals surface area (Å²) in [7, 11) is -1.89. The second-order valence-electron chi connectivity index (χ2n) is 10.9. The lowest BCUT2D eigenvalue weighted by Crippen LogP contribution is -2.19. The predicted octanol–water partition coefficient (Wildman–Crippen LogP) is 5.53. The fourth-order valence-electron chi connectivity index (χ4n) is 5.21. The second kappa shape index (κ2) is 10.3. The molecule has 0 fully saturated rings. The number of hydrogen-bond donors (Lipinski definition) is 2. The van der Waals surface area contributed by atoms with Crippen LogP contribution in [0.15, 0.2) is 83.9 Å². The average molecular weight is 586 g/mol. The van der Waals surface area contributed by atoms with Crippen LogP contribution in [0, 0.1) is 5.82 Å². The average Bonchev–Trinajstić information content (AvgIpc) is 3.43. The quantitative estimate of drug-likeness (QED) is 0.258. The number of carbonyl (C=O) groups excluding carboxylic acids is 1. The molecule has 0 saturated carbocycles. The van der Waals surface area contributed by atoms with Crippen molar-refractivity contribution in [3.63, 3.8) is 0 Å². The van der Waals surface area contributed by atoms with Gasteiger partial charge in [0.2, 0.25) is 11.9 Å². The SMILES string of the molecule is COc1cc2c(cc1Nc1nc3ccc(-c4ccc(NC(=O)Cc5ccc(F)cc5)cc4)cn3n1)C(C)(C)CS2(=O)=O. The summed E-state index contributed by atoms with van der Waals surface area (Å²) in [5.74, 6) is 0.237. The summed E-state index contributed by atoms with van der Waals surface area (Å²) in [6.45, 7) is 3.82. The van der Waals surface area contributed by atoms with Gasteiger partial charge >= 0.3 is 0 Å². The number of nitrogens with one attached hydrogen (secondary N) is 2. The van der Waals surface area contributed by atoms with Crippen molar-refractivity contribution in [2.45, 2.75) is 30.6 Å². The number of methoxy groups -OCH3 is 1. The normalized spacial score (nSPS) is 14.9. The number of anilines is 3. The Kier molecular flexibility index (Phi) is 6.69. The van der Waals surface area contributed by atoms with Crippen molar-refractivity contribution in [2.75, 3.05) is 23.5 Å². The summed E-state index contributed by atoms with van der Waals surface area (Å²) in [6.07, 6.45) is 2.00. The predicted molar refractivity (Wildman–Crippen MR) is 159 cm³/mol. The van der Waals surface area contributed by atoms with Crippen LogP contribution in [-0.2, 0) is 26.5 Å². The number of aromatic nitrogens is 3. The van der Waals surface area contributed by atoms with Gasteiger partial charge < -0.3 is 15.4 Å². The van der Waals surface area contributed by atoms with Gasteiger partial charge in [-0.15, -0.1) is 5.10 Å². The van der Waals surface area contributed by atoms with Crippen molar-refractivity contribution >= 4 is 38.7 Å². The van der Waals surface area contributed by atoms with Crippen LogP contribution < -0.4 is 15.4 Å². The monoisotopic (exact) mass is 585 g/mol. The molecule has 3 aromatic carbocycles. The molecule has 2 aromatic heterocycles. The van der Waals surface area contributed by atoms with Gasteiger partial charge in [0.05, 0.1) is 29.9 Å². The van der Waals surface area contributed by atoms with Gasteiger partial charge in [-0.2, -0.15) is 4.98 Å². The molecule has 3 heterocycles. The van der Waals surface area contributed by atoms with E-state index in [-0.39, 0.29) is 23.9 Å². The largest absolute Gasteiger partial charge is 0.495 e. The topological polar surface area (TPSA) is 115 Å². The minimum atomic E-state index is -3.39. The molecular formula is C31H28FN5O4S. The van der Waals surface area contributed by atoms with Crippen molar-refractivity contribution in [1.29, 1.82) is 0 Å². The molecule has 0 spiro atoms. The number of carbonyl (C=O) groups is 1. The lowest BCUT2D eigenvalue weighted by atomic mass is 9.87. The van der Waals surface area contributed by atoms with Crippen LogP contribution in [0.25, 0.3) is 16.8 Å². The molecule has 0 radical (unpaired) electrons. The molecule has 6 rings (SSSR count). The van der Waals surface area contributed by atoms with Gasteiger partial charge in [0, 0.05) is 28.9 Å². The Morgan fingerprint density at radius 1 is 1.02 bits per heavy atom. The zero-order chi connectivity index (χ0) is 29.6.